The number of hydrogen-bond acceptors (Lipinski definition) is 5. The van der Waals surface area contributed by atoms with Crippen molar-refractivity contribution in [3.8, 4) is 23.0 Å². The lowest BCUT2D eigenvalue weighted by Gasteiger charge is -2.19. The lowest BCUT2D eigenvalue weighted by molar-refractivity contribution is 0.207. The van der Waals surface area contributed by atoms with E-state index in [9.17, 15) is 4.79 Å². The summed E-state index contributed by atoms with van der Waals surface area (Å²) in [6.07, 6.45) is 0.691. The molecular formula is C22H30N2O5. The first-order valence-corrected chi connectivity index (χ1v) is 9.51. The van der Waals surface area contributed by atoms with Gasteiger partial charge in [0, 0.05) is 20.1 Å². The molecule has 0 spiro atoms. The third-order valence-electron chi connectivity index (χ3n) is 4.43. The van der Waals surface area contributed by atoms with Crippen molar-refractivity contribution in [1.82, 2.24) is 10.2 Å². The summed E-state index contributed by atoms with van der Waals surface area (Å²) in [5.41, 5.74) is 2.02. The summed E-state index contributed by atoms with van der Waals surface area (Å²) in [7, 11) is 6.57. The highest BCUT2D eigenvalue weighted by Crippen LogP contribution is 2.29. The van der Waals surface area contributed by atoms with Crippen LogP contribution in [0.15, 0.2) is 36.4 Å². The maximum absolute atomic E-state index is 12.4. The Kier molecular flexibility index (Phi) is 8.45. The van der Waals surface area contributed by atoms with Crippen molar-refractivity contribution in [2.75, 3.05) is 41.5 Å². The smallest absolute Gasteiger partial charge is 0.317 e. The highest BCUT2D eigenvalue weighted by Gasteiger charge is 2.12. The van der Waals surface area contributed by atoms with Gasteiger partial charge >= 0.3 is 6.03 Å². The summed E-state index contributed by atoms with van der Waals surface area (Å²) >= 11 is 0. The van der Waals surface area contributed by atoms with E-state index in [2.05, 4.69) is 5.32 Å². The molecule has 0 aliphatic carbocycles. The van der Waals surface area contributed by atoms with Gasteiger partial charge in [0.1, 0.15) is 0 Å². The van der Waals surface area contributed by atoms with Crippen LogP contribution in [0.4, 0.5) is 4.79 Å². The number of ether oxygens (including phenoxy) is 4. The van der Waals surface area contributed by atoms with Crippen LogP contribution >= 0.6 is 0 Å². The number of amides is 2. The highest BCUT2D eigenvalue weighted by molar-refractivity contribution is 5.73. The summed E-state index contributed by atoms with van der Waals surface area (Å²) in [5, 5.41) is 2.94. The Morgan fingerprint density at radius 3 is 2.14 bits per heavy atom. The van der Waals surface area contributed by atoms with Crippen LogP contribution in [-0.4, -0.2) is 52.5 Å². The molecule has 0 saturated heterocycles. The zero-order chi connectivity index (χ0) is 21.2. The third kappa shape index (κ3) is 6.20. The SMILES string of the molecule is CCOc1ccc(CN(C)C(=O)NCCc2ccc(OC)c(OC)c2)cc1OC. The minimum absolute atomic E-state index is 0.140. The van der Waals surface area contributed by atoms with Crippen LogP contribution in [0.25, 0.3) is 0 Å². The number of urea groups is 1. The first kappa shape index (κ1) is 22.2. The van der Waals surface area contributed by atoms with Gasteiger partial charge in [-0.2, -0.15) is 0 Å². The summed E-state index contributed by atoms with van der Waals surface area (Å²) in [5.74, 6) is 2.72. The molecule has 2 aromatic rings. The third-order valence-corrected chi connectivity index (χ3v) is 4.43. The van der Waals surface area contributed by atoms with Crippen LogP contribution in [0.3, 0.4) is 0 Å². The summed E-state index contributed by atoms with van der Waals surface area (Å²) in [6, 6.07) is 11.3. The van der Waals surface area contributed by atoms with E-state index >= 15 is 0 Å². The second-order valence-corrected chi connectivity index (χ2v) is 6.45. The minimum Gasteiger partial charge on any atom is -0.493 e. The molecule has 158 valence electrons. The van der Waals surface area contributed by atoms with Gasteiger partial charge in [0.15, 0.2) is 23.0 Å². The molecule has 2 amide bonds. The fourth-order valence-electron chi connectivity index (χ4n) is 2.92. The van der Waals surface area contributed by atoms with Crippen molar-refractivity contribution in [3.05, 3.63) is 47.5 Å². The largest absolute Gasteiger partial charge is 0.493 e. The topological polar surface area (TPSA) is 69.3 Å². The molecule has 1 N–H and O–H groups in total. The normalized spacial score (nSPS) is 10.2. The summed E-state index contributed by atoms with van der Waals surface area (Å²) in [6.45, 7) is 3.47. The molecule has 2 rings (SSSR count). The van der Waals surface area contributed by atoms with E-state index in [0.29, 0.717) is 49.1 Å². The molecule has 0 aliphatic heterocycles. The van der Waals surface area contributed by atoms with E-state index in [-0.39, 0.29) is 6.03 Å². The number of nitrogens with one attached hydrogen (secondary N) is 1. The van der Waals surface area contributed by atoms with Gasteiger partial charge in [-0.05, 0) is 48.7 Å². The first-order valence-electron chi connectivity index (χ1n) is 9.51. The van der Waals surface area contributed by atoms with Crippen molar-refractivity contribution < 1.29 is 23.7 Å². The van der Waals surface area contributed by atoms with Crippen LogP contribution in [0, 0.1) is 0 Å². The molecular weight excluding hydrogens is 372 g/mol. The van der Waals surface area contributed by atoms with E-state index in [1.165, 1.54) is 0 Å². The van der Waals surface area contributed by atoms with Gasteiger partial charge in [-0.1, -0.05) is 12.1 Å². The standard InChI is InChI=1S/C22H30N2O5/c1-6-29-19-10-8-17(14-21(19)28-5)15-24(2)22(25)23-12-11-16-7-9-18(26-3)20(13-16)27-4/h7-10,13-14H,6,11-12,15H2,1-5H3,(H,23,25). The monoisotopic (exact) mass is 402 g/mol. The van der Waals surface area contributed by atoms with Gasteiger partial charge in [-0.3, -0.25) is 0 Å². The number of methoxy groups -OCH3 is 3. The molecule has 0 bridgehead atoms. The van der Waals surface area contributed by atoms with Crippen molar-refractivity contribution in [1.29, 1.82) is 0 Å². The molecule has 0 fully saturated rings. The lowest BCUT2D eigenvalue weighted by atomic mass is 10.1. The number of nitrogens with zero attached hydrogens (tertiary/aromatic N) is 1. The molecule has 7 nitrogen and oxygen atoms in total. The van der Waals surface area contributed by atoms with Crippen LogP contribution in [0.2, 0.25) is 0 Å². The lowest BCUT2D eigenvalue weighted by Crippen LogP contribution is -2.37. The van der Waals surface area contributed by atoms with Gasteiger partial charge in [0.25, 0.3) is 0 Å². The minimum atomic E-state index is -0.140. The van der Waals surface area contributed by atoms with E-state index < -0.39 is 0 Å². The Hall–Kier alpha value is -3.09. The maximum atomic E-state index is 12.4. The van der Waals surface area contributed by atoms with Gasteiger partial charge < -0.3 is 29.2 Å². The second-order valence-electron chi connectivity index (χ2n) is 6.45. The average molecular weight is 402 g/mol. The molecule has 29 heavy (non-hydrogen) atoms. The fourth-order valence-corrected chi connectivity index (χ4v) is 2.92. The average Bonchev–Trinajstić information content (AvgIpc) is 2.74. The first-order chi connectivity index (χ1) is 14.0. The van der Waals surface area contributed by atoms with E-state index in [1.807, 2.05) is 43.3 Å². The van der Waals surface area contributed by atoms with Crippen molar-refractivity contribution in [2.24, 2.45) is 0 Å². The molecule has 0 radical (unpaired) electrons. The number of carbonyl (C=O) groups is 1. The van der Waals surface area contributed by atoms with Crippen molar-refractivity contribution in [2.45, 2.75) is 19.9 Å². The van der Waals surface area contributed by atoms with Gasteiger partial charge in [-0.15, -0.1) is 0 Å². The van der Waals surface area contributed by atoms with E-state index in [4.69, 9.17) is 18.9 Å². The Balaban J connectivity index is 1.88. The quantitative estimate of drug-likeness (QED) is 0.659. The Labute approximate surface area is 172 Å². The molecule has 2 aromatic carbocycles. The van der Waals surface area contributed by atoms with Crippen LogP contribution in [0.5, 0.6) is 23.0 Å². The Bertz CT molecular complexity index is 810. The Morgan fingerprint density at radius 1 is 0.897 bits per heavy atom. The molecule has 0 aliphatic rings. The molecule has 0 atom stereocenters. The molecule has 7 heteroatoms. The zero-order valence-corrected chi connectivity index (χ0v) is 17.8. The van der Waals surface area contributed by atoms with Gasteiger partial charge in [0.2, 0.25) is 0 Å². The van der Waals surface area contributed by atoms with Crippen molar-refractivity contribution >= 4 is 6.03 Å². The fraction of sp³-hybridized carbons (Fsp3) is 0.409. The predicted molar refractivity (Wildman–Crippen MR) is 112 cm³/mol. The second kappa shape index (κ2) is 11.0. The highest BCUT2D eigenvalue weighted by atomic mass is 16.5. The number of hydrogen-bond donors (Lipinski definition) is 1. The number of carbonyl (C=O) groups excluding carboxylic acids is 1. The summed E-state index contributed by atoms with van der Waals surface area (Å²) < 4.78 is 21.4. The number of rotatable bonds is 10. The summed E-state index contributed by atoms with van der Waals surface area (Å²) in [4.78, 5) is 14.0. The molecule has 0 unspecified atom stereocenters. The molecule has 0 saturated carbocycles. The van der Waals surface area contributed by atoms with Crippen LogP contribution in [0.1, 0.15) is 18.1 Å². The molecule has 0 heterocycles. The maximum Gasteiger partial charge on any atom is 0.317 e. The number of benzene rings is 2. The van der Waals surface area contributed by atoms with Gasteiger partial charge in [0.05, 0.1) is 27.9 Å². The zero-order valence-electron chi connectivity index (χ0n) is 17.8. The van der Waals surface area contributed by atoms with Crippen molar-refractivity contribution in [3.63, 3.8) is 0 Å². The molecule has 0 aromatic heterocycles. The van der Waals surface area contributed by atoms with Gasteiger partial charge in [-0.25, -0.2) is 4.79 Å². The van der Waals surface area contributed by atoms with E-state index in [1.54, 1.807) is 33.3 Å². The van der Waals surface area contributed by atoms with Crippen LogP contribution < -0.4 is 24.3 Å². The van der Waals surface area contributed by atoms with Crippen LogP contribution in [-0.2, 0) is 13.0 Å². The predicted octanol–water partition coefficient (Wildman–Crippen LogP) is 3.50. The van der Waals surface area contributed by atoms with E-state index in [0.717, 1.165) is 11.1 Å². The Morgan fingerprint density at radius 2 is 1.48 bits per heavy atom.